The van der Waals surface area contributed by atoms with E-state index in [4.69, 9.17) is 4.74 Å². The molecule has 0 aliphatic rings. The molecule has 1 rings (SSSR count). The highest BCUT2D eigenvalue weighted by Crippen LogP contribution is 2.16. The number of hydrogen-bond acceptors (Lipinski definition) is 5. The van der Waals surface area contributed by atoms with Crippen LogP contribution in [0.25, 0.3) is 0 Å². The van der Waals surface area contributed by atoms with Crippen molar-refractivity contribution in [2.75, 3.05) is 19.0 Å². The van der Waals surface area contributed by atoms with Crippen LogP contribution in [0.2, 0.25) is 0 Å². The molecule has 0 bridgehead atoms. The van der Waals surface area contributed by atoms with Gasteiger partial charge in [0.05, 0.1) is 17.1 Å². The first-order chi connectivity index (χ1) is 7.44. The lowest BCUT2D eigenvalue weighted by molar-refractivity contribution is -0.385. The molecular weight excluding hydrogens is 210 g/mol. The number of ether oxygens (including phenoxy) is 1. The first kappa shape index (κ1) is 12.4. The van der Waals surface area contributed by atoms with Crippen molar-refractivity contribution in [2.45, 2.75) is 19.4 Å². The van der Waals surface area contributed by atoms with Crippen LogP contribution in [0.15, 0.2) is 18.3 Å². The molecular formula is C10H15N3O3. The van der Waals surface area contributed by atoms with Gasteiger partial charge in [-0.15, -0.1) is 0 Å². The van der Waals surface area contributed by atoms with Gasteiger partial charge in [-0.05, 0) is 19.9 Å². The molecule has 0 saturated carbocycles. The standard InChI is InChI=1S/C10H15N3O3/c1-10(2,7-16-3)12-9-5-4-8(6-11-9)13(14)15/h4-6H,7H2,1-3H3,(H,11,12). The Balaban J connectivity index is 2.72. The molecule has 0 aliphatic heterocycles. The van der Waals surface area contributed by atoms with Gasteiger partial charge in [0.2, 0.25) is 0 Å². The Hall–Kier alpha value is -1.69. The number of nitrogens with one attached hydrogen (secondary N) is 1. The summed E-state index contributed by atoms with van der Waals surface area (Å²) in [7, 11) is 1.62. The van der Waals surface area contributed by atoms with Crippen molar-refractivity contribution in [2.24, 2.45) is 0 Å². The quantitative estimate of drug-likeness (QED) is 0.611. The van der Waals surface area contributed by atoms with Gasteiger partial charge in [-0.25, -0.2) is 4.98 Å². The molecule has 16 heavy (non-hydrogen) atoms. The molecule has 88 valence electrons. The van der Waals surface area contributed by atoms with Crippen molar-refractivity contribution >= 4 is 11.5 Å². The number of nitro groups is 1. The number of hydrogen-bond donors (Lipinski definition) is 1. The molecule has 1 heterocycles. The van der Waals surface area contributed by atoms with Crippen molar-refractivity contribution in [3.05, 3.63) is 28.4 Å². The monoisotopic (exact) mass is 225 g/mol. The van der Waals surface area contributed by atoms with Crippen molar-refractivity contribution in [1.29, 1.82) is 0 Å². The summed E-state index contributed by atoms with van der Waals surface area (Å²) < 4.78 is 5.04. The second-order valence-corrected chi connectivity index (χ2v) is 4.10. The van der Waals surface area contributed by atoms with E-state index in [9.17, 15) is 10.1 Å². The zero-order valence-electron chi connectivity index (χ0n) is 9.56. The summed E-state index contributed by atoms with van der Waals surface area (Å²) in [6.07, 6.45) is 1.23. The molecule has 1 aromatic rings. The number of anilines is 1. The SMILES string of the molecule is COCC(C)(C)Nc1ccc([N+](=O)[O-])cn1. The number of rotatable bonds is 5. The molecule has 0 aromatic carbocycles. The molecule has 0 atom stereocenters. The Labute approximate surface area is 93.8 Å². The third kappa shape index (κ3) is 3.47. The first-order valence-corrected chi connectivity index (χ1v) is 4.82. The van der Waals surface area contributed by atoms with E-state index in [0.29, 0.717) is 12.4 Å². The second-order valence-electron chi connectivity index (χ2n) is 4.10. The molecule has 1 aromatic heterocycles. The average molecular weight is 225 g/mol. The van der Waals surface area contributed by atoms with Gasteiger partial charge in [-0.3, -0.25) is 10.1 Å². The van der Waals surface area contributed by atoms with E-state index in [1.165, 1.54) is 12.3 Å². The molecule has 0 unspecified atom stereocenters. The molecule has 6 heteroatoms. The van der Waals surface area contributed by atoms with Crippen LogP contribution in [0, 0.1) is 10.1 Å². The fourth-order valence-corrected chi connectivity index (χ4v) is 1.31. The topological polar surface area (TPSA) is 77.3 Å². The summed E-state index contributed by atoms with van der Waals surface area (Å²) in [5.41, 5.74) is -0.284. The third-order valence-corrected chi connectivity index (χ3v) is 1.93. The van der Waals surface area contributed by atoms with Crippen LogP contribution in [0.5, 0.6) is 0 Å². The third-order valence-electron chi connectivity index (χ3n) is 1.93. The summed E-state index contributed by atoms with van der Waals surface area (Å²) in [6, 6.07) is 2.99. The summed E-state index contributed by atoms with van der Waals surface area (Å²) in [5, 5.41) is 13.6. The van der Waals surface area contributed by atoms with Crippen molar-refractivity contribution in [3.63, 3.8) is 0 Å². The van der Waals surface area contributed by atoms with Crippen LogP contribution in [0.3, 0.4) is 0 Å². The van der Waals surface area contributed by atoms with Crippen LogP contribution in [-0.2, 0) is 4.74 Å². The van der Waals surface area contributed by atoms with Crippen LogP contribution in [-0.4, -0.2) is 29.2 Å². The van der Waals surface area contributed by atoms with Crippen molar-refractivity contribution < 1.29 is 9.66 Å². The smallest absolute Gasteiger partial charge is 0.287 e. The molecule has 1 N–H and O–H groups in total. The minimum atomic E-state index is -0.475. The number of methoxy groups -OCH3 is 1. The first-order valence-electron chi connectivity index (χ1n) is 4.82. The Kier molecular flexibility index (Phi) is 3.78. The zero-order valence-corrected chi connectivity index (χ0v) is 9.56. The molecule has 6 nitrogen and oxygen atoms in total. The van der Waals surface area contributed by atoms with E-state index in [1.807, 2.05) is 13.8 Å². The fourth-order valence-electron chi connectivity index (χ4n) is 1.31. The van der Waals surface area contributed by atoms with Gasteiger partial charge in [0, 0.05) is 13.2 Å². The maximum Gasteiger partial charge on any atom is 0.287 e. The van der Waals surface area contributed by atoms with E-state index in [1.54, 1.807) is 13.2 Å². The Morgan fingerprint density at radius 2 is 2.25 bits per heavy atom. The maximum atomic E-state index is 10.4. The van der Waals surface area contributed by atoms with Crippen molar-refractivity contribution in [3.8, 4) is 0 Å². The minimum Gasteiger partial charge on any atom is -0.382 e. The Morgan fingerprint density at radius 3 is 2.69 bits per heavy atom. The molecule has 0 spiro atoms. The van der Waals surface area contributed by atoms with E-state index in [2.05, 4.69) is 10.3 Å². The molecule has 0 fully saturated rings. The van der Waals surface area contributed by atoms with E-state index < -0.39 is 4.92 Å². The van der Waals surface area contributed by atoms with Gasteiger partial charge >= 0.3 is 0 Å². The fraction of sp³-hybridized carbons (Fsp3) is 0.500. The predicted molar refractivity (Wildman–Crippen MR) is 60.5 cm³/mol. The lowest BCUT2D eigenvalue weighted by Gasteiger charge is -2.25. The van der Waals surface area contributed by atoms with E-state index in [0.717, 1.165) is 0 Å². The largest absolute Gasteiger partial charge is 0.382 e. The lowest BCUT2D eigenvalue weighted by Crippen LogP contribution is -2.36. The Bertz CT molecular complexity index is 362. The number of nitrogens with zero attached hydrogens (tertiary/aromatic N) is 2. The summed E-state index contributed by atoms with van der Waals surface area (Å²) in [5.74, 6) is 0.590. The van der Waals surface area contributed by atoms with Gasteiger partial charge in [-0.1, -0.05) is 0 Å². The zero-order chi connectivity index (χ0) is 12.2. The minimum absolute atomic E-state index is 0.0184. The van der Waals surface area contributed by atoms with Gasteiger partial charge in [0.1, 0.15) is 12.0 Å². The normalized spacial score (nSPS) is 11.2. The van der Waals surface area contributed by atoms with E-state index >= 15 is 0 Å². The lowest BCUT2D eigenvalue weighted by atomic mass is 10.1. The van der Waals surface area contributed by atoms with Crippen LogP contribution in [0.1, 0.15) is 13.8 Å². The average Bonchev–Trinajstić information content (AvgIpc) is 2.17. The summed E-state index contributed by atoms with van der Waals surface area (Å²) >= 11 is 0. The van der Waals surface area contributed by atoms with Crippen LogP contribution >= 0.6 is 0 Å². The van der Waals surface area contributed by atoms with Crippen molar-refractivity contribution in [1.82, 2.24) is 4.98 Å². The van der Waals surface area contributed by atoms with Gasteiger partial charge < -0.3 is 10.1 Å². The molecule has 0 saturated heterocycles. The molecule has 0 amide bonds. The van der Waals surface area contributed by atoms with Gasteiger partial charge in [0.15, 0.2) is 0 Å². The van der Waals surface area contributed by atoms with E-state index in [-0.39, 0.29) is 11.2 Å². The maximum absolute atomic E-state index is 10.4. The van der Waals surface area contributed by atoms with Crippen LogP contribution in [0.4, 0.5) is 11.5 Å². The summed E-state index contributed by atoms with van der Waals surface area (Å²) in [4.78, 5) is 13.9. The van der Waals surface area contributed by atoms with Gasteiger partial charge in [0.25, 0.3) is 5.69 Å². The summed E-state index contributed by atoms with van der Waals surface area (Å²) in [6.45, 7) is 4.44. The molecule has 0 aliphatic carbocycles. The highest BCUT2D eigenvalue weighted by atomic mass is 16.6. The predicted octanol–water partition coefficient (Wildman–Crippen LogP) is 1.83. The highest BCUT2D eigenvalue weighted by Gasteiger charge is 2.17. The molecule has 0 radical (unpaired) electrons. The second kappa shape index (κ2) is 4.89. The number of aromatic nitrogens is 1. The van der Waals surface area contributed by atoms with Gasteiger partial charge in [-0.2, -0.15) is 0 Å². The highest BCUT2D eigenvalue weighted by molar-refractivity contribution is 5.41. The number of pyridine rings is 1. The Morgan fingerprint density at radius 1 is 1.56 bits per heavy atom. The van der Waals surface area contributed by atoms with Crippen LogP contribution < -0.4 is 5.32 Å².